The van der Waals surface area contributed by atoms with Gasteiger partial charge in [-0.15, -0.1) is 10.2 Å². The van der Waals surface area contributed by atoms with E-state index in [1.807, 2.05) is 18.2 Å². The van der Waals surface area contributed by atoms with Gasteiger partial charge in [0.1, 0.15) is 5.82 Å². The third kappa shape index (κ3) is 2.64. The number of anilines is 2. The minimum atomic E-state index is -0.341. The minimum Gasteiger partial charge on any atom is -0.382 e. The number of hydrogen-bond donors (Lipinski definition) is 2. The van der Waals surface area contributed by atoms with Gasteiger partial charge < -0.3 is 11.5 Å². The van der Waals surface area contributed by atoms with Gasteiger partial charge in [0.25, 0.3) is 0 Å². The third-order valence-electron chi connectivity index (χ3n) is 3.01. The van der Waals surface area contributed by atoms with E-state index in [9.17, 15) is 4.39 Å². The summed E-state index contributed by atoms with van der Waals surface area (Å²) in [5.74, 6) is 0.0525. The maximum absolute atomic E-state index is 13.0. The molecule has 0 aliphatic heterocycles. The van der Waals surface area contributed by atoms with Gasteiger partial charge in [-0.2, -0.15) is 5.11 Å². The molecule has 110 valence electrons. The van der Waals surface area contributed by atoms with Crippen molar-refractivity contribution in [3.05, 3.63) is 60.4 Å². The molecule has 1 heterocycles. The van der Waals surface area contributed by atoms with Gasteiger partial charge in [0.05, 0.1) is 11.4 Å². The van der Waals surface area contributed by atoms with Crippen LogP contribution in [-0.4, -0.2) is 9.78 Å². The van der Waals surface area contributed by atoms with E-state index in [4.69, 9.17) is 11.5 Å². The van der Waals surface area contributed by atoms with Crippen LogP contribution < -0.4 is 11.5 Å². The zero-order valence-corrected chi connectivity index (χ0v) is 11.5. The van der Waals surface area contributed by atoms with Crippen molar-refractivity contribution >= 4 is 23.0 Å². The Bertz CT molecular complexity index is 808. The van der Waals surface area contributed by atoms with Crippen molar-refractivity contribution in [2.45, 2.75) is 0 Å². The largest absolute Gasteiger partial charge is 0.382 e. The fourth-order valence-electron chi connectivity index (χ4n) is 1.92. The summed E-state index contributed by atoms with van der Waals surface area (Å²) < 4.78 is 14.4. The van der Waals surface area contributed by atoms with Gasteiger partial charge in [0.2, 0.25) is 0 Å². The number of halogens is 1. The average Bonchev–Trinajstić information content (AvgIpc) is 2.82. The molecule has 3 aromatic rings. The van der Waals surface area contributed by atoms with Crippen LogP contribution in [0.2, 0.25) is 0 Å². The van der Waals surface area contributed by atoms with Crippen molar-refractivity contribution in [2.75, 3.05) is 11.5 Å². The Kier molecular flexibility index (Phi) is 3.53. The Balaban J connectivity index is 1.97. The molecule has 0 spiro atoms. The summed E-state index contributed by atoms with van der Waals surface area (Å²) in [5, 5.41) is 12.2. The molecule has 0 aliphatic rings. The van der Waals surface area contributed by atoms with Crippen molar-refractivity contribution in [1.82, 2.24) is 9.78 Å². The van der Waals surface area contributed by atoms with E-state index < -0.39 is 0 Å². The number of hydrogen-bond acceptors (Lipinski definition) is 5. The summed E-state index contributed by atoms with van der Waals surface area (Å²) in [5.41, 5.74) is 13.4. The van der Waals surface area contributed by atoms with Crippen molar-refractivity contribution < 1.29 is 4.39 Å². The SMILES string of the molecule is Nc1nn(-c2ccc(F)cc2)c(N)c1N=Nc1ccccc1. The molecule has 0 saturated carbocycles. The van der Waals surface area contributed by atoms with Gasteiger partial charge in [-0.3, -0.25) is 0 Å². The Morgan fingerprint density at radius 2 is 1.59 bits per heavy atom. The van der Waals surface area contributed by atoms with Crippen LogP contribution in [0.15, 0.2) is 64.8 Å². The van der Waals surface area contributed by atoms with E-state index in [2.05, 4.69) is 15.3 Å². The van der Waals surface area contributed by atoms with Crippen molar-refractivity contribution in [1.29, 1.82) is 0 Å². The number of aromatic nitrogens is 2. The molecule has 1 aromatic heterocycles. The molecule has 22 heavy (non-hydrogen) atoms. The van der Waals surface area contributed by atoms with Gasteiger partial charge in [0.15, 0.2) is 17.3 Å². The molecular weight excluding hydrogens is 283 g/mol. The fourth-order valence-corrected chi connectivity index (χ4v) is 1.92. The van der Waals surface area contributed by atoms with Crippen LogP contribution in [0.1, 0.15) is 0 Å². The van der Waals surface area contributed by atoms with E-state index in [1.54, 1.807) is 24.3 Å². The molecule has 7 heteroatoms. The molecule has 6 nitrogen and oxygen atoms in total. The number of nitrogens with two attached hydrogens (primary N) is 2. The number of azo groups is 1. The van der Waals surface area contributed by atoms with Gasteiger partial charge in [0, 0.05) is 0 Å². The minimum absolute atomic E-state index is 0.154. The lowest BCUT2D eigenvalue weighted by molar-refractivity contribution is 0.627. The van der Waals surface area contributed by atoms with E-state index in [-0.39, 0.29) is 23.1 Å². The summed E-state index contributed by atoms with van der Waals surface area (Å²) in [6, 6.07) is 14.9. The molecule has 4 N–H and O–H groups in total. The maximum Gasteiger partial charge on any atom is 0.176 e. The highest BCUT2D eigenvalue weighted by Gasteiger charge is 2.14. The first-order chi connectivity index (χ1) is 10.6. The van der Waals surface area contributed by atoms with Crippen molar-refractivity contribution in [3.8, 4) is 5.69 Å². The highest BCUT2D eigenvalue weighted by atomic mass is 19.1. The van der Waals surface area contributed by atoms with Crippen LogP contribution >= 0.6 is 0 Å². The number of rotatable bonds is 3. The highest BCUT2D eigenvalue weighted by molar-refractivity contribution is 5.73. The smallest absolute Gasteiger partial charge is 0.176 e. The quantitative estimate of drug-likeness (QED) is 0.723. The van der Waals surface area contributed by atoms with Crippen molar-refractivity contribution in [2.24, 2.45) is 10.2 Å². The number of benzene rings is 2. The Morgan fingerprint density at radius 3 is 2.27 bits per heavy atom. The van der Waals surface area contributed by atoms with E-state index >= 15 is 0 Å². The van der Waals surface area contributed by atoms with Crippen LogP contribution in [0.4, 0.5) is 27.4 Å². The lowest BCUT2D eigenvalue weighted by atomic mass is 10.3. The molecule has 3 rings (SSSR count). The zero-order chi connectivity index (χ0) is 15.5. The molecule has 0 fully saturated rings. The highest BCUT2D eigenvalue weighted by Crippen LogP contribution is 2.32. The maximum atomic E-state index is 13.0. The molecule has 0 aliphatic carbocycles. The predicted molar refractivity (Wildman–Crippen MR) is 83.0 cm³/mol. The Morgan fingerprint density at radius 1 is 0.909 bits per heavy atom. The van der Waals surface area contributed by atoms with E-state index in [0.29, 0.717) is 11.4 Å². The summed E-state index contributed by atoms with van der Waals surface area (Å²) in [7, 11) is 0. The standard InChI is InChI=1S/C15H13FN6/c16-10-6-8-12(9-7-10)22-15(18)13(14(17)21-22)20-19-11-4-2-1-3-5-11/h1-9H,18H2,(H2,17,21). The molecule has 0 saturated heterocycles. The number of nitrogens with zero attached hydrogens (tertiary/aromatic N) is 4. The molecular formula is C15H13FN6. The first-order valence-corrected chi connectivity index (χ1v) is 6.52. The Hall–Kier alpha value is -3.22. The average molecular weight is 296 g/mol. The topological polar surface area (TPSA) is 94.6 Å². The fraction of sp³-hybridized carbons (Fsp3) is 0. The molecule has 0 bridgehead atoms. The van der Waals surface area contributed by atoms with Crippen LogP contribution in [0.5, 0.6) is 0 Å². The molecule has 0 amide bonds. The monoisotopic (exact) mass is 296 g/mol. The first kappa shape index (κ1) is 13.7. The lowest BCUT2D eigenvalue weighted by Gasteiger charge is -2.02. The second-order valence-corrected chi connectivity index (χ2v) is 4.54. The van der Waals surface area contributed by atoms with Crippen LogP contribution in [-0.2, 0) is 0 Å². The van der Waals surface area contributed by atoms with Crippen LogP contribution in [0.3, 0.4) is 0 Å². The predicted octanol–water partition coefficient (Wildman–Crippen LogP) is 3.59. The zero-order valence-electron chi connectivity index (χ0n) is 11.5. The first-order valence-electron chi connectivity index (χ1n) is 6.52. The van der Waals surface area contributed by atoms with Crippen LogP contribution in [0.25, 0.3) is 5.69 Å². The van der Waals surface area contributed by atoms with E-state index in [1.165, 1.54) is 16.8 Å². The normalized spacial score (nSPS) is 11.1. The summed E-state index contributed by atoms with van der Waals surface area (Å²) in [6.45, 7) is 0. The van der Waals surface area contributed by atoms with Gasteiger partial charge >= 0.3 is 0 Å². The summed E-state index contributed by atoms with van der Waals surface area (Å²) in [4.78, 5) is 0. The summed E-state index contributed by atoms with van der Waals surface area (Å²) in [6.07, 6.45) is 0. The number of nitrogen functional groups attached to an aromatic ring is 2. The van der Waals surface area contributed by atoms with Gasteiger partial charge in [-0.1, -0.05) is 18.2 Å². The second-order valence-electron chi connectivity index (χ2n) is 4.54. The van der Waals surface area contributed by atoms with Gasteiger partial charge in [-0.25, -0.2) is 9.07 Å². The Labute approximate surface area is 125 Å². The van der Waals surface area contributed by atoms with Crippen molar-refractivity contribution in [3.63, 3.8) is 0 Å². The molecule has 0 atom stereocenters. The van der Waals surface area contributed by atoms with E-state index in [0.717, 1.165) is 0 Å². The molecule has 2 aromatic carbocycles. The van der Waals surface area contributed by atoms with Crippen LogP contribution in [0, 0.1) is 5.82 Å². The second kappa shape index (κ2) is 5.65. The molecule has 0 radical (unpaired) electrons. The lowest BCUT2D eigenvalue weighted by Crippen LogP contribution is -2.01. The molecule has 0 unspecified atom stereocenters. The summed E-state index contributed by atoms with van der Waals surface area (Å²) >= 11 is 0. The van der Waals surface area contributed by atoms with Gasteiger partial charge in [-0.05, 0) is 36.4 Å². The third-order valence-corrected chi connectivity index (χ3v) is 3.01.